The normalized spacial score (nSPS) is 20.9. The first kappa shape index (κ1) is 20.7. The fourth-order valence-electron chi connectivity index (χ4n) is 5.54. The molecule has 8 heteroatoms. The van der Waals surface area contributed by atoms with E-state index in [4.69, 9.17) is 0 Å². The lowest BCUT2D eigenvalue weighted by atomic mass is 9.92. The molecule has 2 aromatic carbocycles. The largest absolute Gasteiger partial charge is 0.325 e. The summed E-state index contributed by atoms with van der Waals surface area (Å²) in [5.74, 6) is -0.789. The maximum atomic E-state index is 13.3. The first-order valence-electron chi connectivity index (χ1n) is 11.7. The van der Waals surface area contributed by atoms with Crippen molar-refractivity contribution in [3.63, 3.8) is 0 Å². The molecule has 1 aromatic heterocycles. The van der Waals surface area contributed by atoms with Crippen LogP contribution in [0.25, 0.3) is 11.3 Å². The number of hydrogen-bond acceptors (Lipinski definition) is 4. The number of urea groups is 1. The molecular weight excluding hydrogens is 430 g/mol. The summed E-state index contributed by atoms with van der Waals surface area (Å²) in [6, 6.07) is 14.6. The topological polar surface area (TPSA) is 107 Å². The van der Waals surface area contributed by atoms with E-state index >= 15 is 0 Å². The van der Waals surface area contributed by atoms with Gasteiger partial charge >= 0.3 is 6.03 Å². The number of hydrogen-bond donors (Lipinski definition) is 3. The smallest absolute Gasteiger partial charge is 0.325 e. The zero-order valence-electron chi connectivity index (χ0n) is 18.7. The zero-order chi connectivity index (χ0) is 23.3. The van der Waals surface area contributed by atoms with Crippen LogP contribution in [-0.4, -0.2) is 39.5 Å². The first-order valence-corrected chi connectivity index (χ1v) is 11.7. The Kier molecular flexibility index (Phi) is 4.76. The molecule has 8 nitrogen and oxygen atoms in total. The number of aromatic nitrogens is 2. The van der Waals surface area contributed by atoms with E-state index in [0.717, 1.165) is 46.5 Å². The molecule has 2 aliphatic carbocycles. The van der Waals surface area contributed by atoms with Crippen molar-refractivity contribution in [2.24, 2.45) is 0 Å². The number of amides is 4. The minimum atomic E-state index is -1.06. The van der Waals surface area contributed by atoms with Gasteiger partial charge in [-0.25, -0.2) is 4.79 Å². The molecule has 1 atom stereocenters. The van der Waals surface area contributed by atoms with E-state index in [-0.39, 0.29) is 12.5 Å². The number of H-pyrrole nitrogens is 1. The number of nitrogens with zero attached hydrogens (tertiary/aromatic N) is 2. The van der Waals surface area contributed by atoms with Crippen molar-refractivity contribution >= 4 is 23.5 Å². The molecule has 1 unspecified atom stereocenters. The van der Waals surface area contributed by atoms with Gasteiger partial charge in [0.25, 0.3) is 5.91 Å². The van der Waals surface area contributed by atoms with Crippen LogP contribution in [0.2, 0.25) is 0 Å². The third-order valence-electron chi connectivity index (χ3n) is 7.20. The predicted octanol–water partition coefficient (Wildman–Crippen LogP) is 3.29. The van der Waals surface area contributed by atoms with Crippen LogP contribution in [-0.2, 0) is 34.4 Å². The number of aromatic amines is 1. The number of benzene rings is 2. The fraction of sp³-hybridized carbons (Fsp3) is 0.308. The lowest BCUT2D eigenvalue weighted by Crippen LogP contribution is -2.42. The molecule has 0 saturated carbocycles. The molecule has 1 saturated heterocycles. The minimum absolute atomic E-state index is 0.337. The molecule has 1 fully saturated rings. The van der Waals surface area contributed by atoms with E-state index in [1.165, 1.54) is 17.7 Å². The Morgan fingerprint density at radius 3 is 2.82 bits per heavy atom. The molecule has 0 radical (unpaired) electrons. The summed E-state index contributed by atoms with van der Waals surface area (Å²) >= 11 is 0. The standard InChI is InChI=1S/C26H25N5O3/c32-22(15-31-24(33)26(28-25(31)34)13-12-16-6-1-3-10-20(16)26)27-18-8-5-7-17(14-18)23-19-9-2-4-11-21(19)29-30-23/h1,3,5-8,10,14H,2,4,9,11-13,15H2,(H,27,32)(H,28,34)(H,29,30). The summed E-state index contributed by atoms with van der Waals surface area (Å²) in [5.41, 5.74) is 5.70. The van der Waals surface area contributed by atoms with Crippen molar-refractivity contribution in [1.29, 1.82) is 0 Å². The second-order valence-electron chi connectivity index (χ2n) is 9.25. The van der Waals surface area contributed by atoms with E-state index in [1.54, 1.807) is 6.07 Å². The van der Waals surface area contributed by atoms with Gasteiger partial charge in [0.15, 0.2) is 0 Å². The van der Waals surface area contributed by atoms with Crippen LogP contribution in [0.15, 0.2) is 48.5 Å². The molecule has 1 aliphatic heterocycles. The van der Waals surface area contributed by atoms with Gasteiger partial charge in [-0.15, -0.1) is 0 Å². The number of nitrogens with one attached hydrogen (secondary N) is 3. The van der Waals surface area contributed by atoms with Crippen LogP contribution in [0.3, 0.4) is 0 Å². The maximum Gasteiger partial charge on any atom is 0.325 e. The quantitative estimate of drug-likeness (QED) is 0.525. The average Bonchev–Trinajstić information content (AvgIpc) is 3.51. The maximum absolute atomic E-state index is 13.3. The summed E-state index contributed by atoms with van der Waals surface area (Å²) in [6.45, 7) is -0.337. The number of carbonyl (C=O) groups excluding carboxylic acids is 3. The number of fused-ring (bicyclic) bond motifs is 3. The number of imide groups is 1. The summed E-state index contributed by atoms with van der Waals surface area (Å²) in [6.07, 6.45) is 5.54. The van der Waals surface area contributed by atoms with Crippen LogP contribution < -0.4 is 10.6 Å². The summed E-state index contributed by atoms with van der Waals surface area (Å²) in [5, 5.41) is 13.4. The van der Waals surface area contributed by atoms with Crippen LogP contribution in [0.4, 0.5) is 10.5 Å². The average molecular weight is 456 g/mol. The highest BCUT2D eigenvalue weighted by Crippen LogP contribution is 2.41. The Hall–Kier alpha value is -3.94. The van der Waals surface area contributed by atoms with E-state index in [0.29, 0.717) is 18.5 Å². The van der Waals surface area contributed by atoms with Crippen LogP contribution in [0, 0.1) is 0 Å². The summed E-state index contributed by atoms with van der Waals surface area (Å²) in [4.78, 5) is 39.8. The Morgan fingerprint density at radius 2 is 1.91 bits per heavy atom. The van der Waals surface area contributed by atoms with Gasteiger partial charge in [0.1, 0.15) is 12.1 Å². The van der Waals surface area contributed by atoms with Gasteiger partial charge in [-0.3, -0.25) is 19.6 Å². The molecule has 34 heavy (non-hydrogen) atoms. The predicted molar refractivity (Wildman–Crippen MR) is 126 cm³/mol. The lowest BCUT2D eigenvalue weighted by molar-refractivity contribution is -0.134. The number of anilines is 1. The van der Waals surface area contributed by atoms with Crippen LogP contribution in [0.1, 0.15) is 41.6 Å². The lowest BCUT2D eigenvalue weighted by Gasteiger charge is -2.22. The molecule has 3 aliphatic rings. The van der Waals surface area contributed by atoms with E-state index in [1.807, 2.05) is 42.5 Å². The molecule has 172 valence electrons. The highest BCUT2D eigenvalue weighted by atomic mass is 16.2. The Balaban J connectivity index is 1.18. The van der Waals surface area contributed by atoms with Gasteiger partial charge in [0, 0.05) is 22.5 Å². The molecule has 6 rings (SSSR count). The van der Waals surface area contributed by atoms with Crippen molar-refractivity contribution < 1.29 is 14.4 Å². The fourth-order valence-corrected chi connectivity index (χ4v) is 5.54. The van der Waals surface area contributed by atoms with Crippen molar-refractivity contribution in [1.82, 2.24) is 20.4 Å². The zero-order valence-corrected chi connectivity index (χ0v) is 18.7. The van der Waals surface area contributed by atoms with Crippen molar-refractivity contribution in [2.75, 3.05) is 11.9 Å². The number of carbonyl (C=O) groups is 3. The minimum Gasteiger partial charge on any atom is -0.325 e. The monoisotopic (exact) mass is 455 g/mol. The second kappa shape index (κ2) is 7.83. The van der Waals surface area contributed by atoms with Gasteiger partial charge in [0.2, 0.25) is 5.91 Å². The molecule has 2 heterocycles. The van der Waals surface area contributed by atoms with Crippen molar-refractivity contribution in [3.05, 3.63) is 70.9 Å². The molecular formula is C26H25N5O3. The Labute approximate surface area is 196 Å². The third-order valence-corrected chi connectivity index (χ3v) is 7.20. The van der Waals surface area contributed by atoms with Crippen LogP contribution >= 0.6 is 0 Å². The molecule has 4 amide bonds. The second-order valence-corrected chi connectivity index (χ2v) is 9.25. The third kappa shape index (κ3) is 3.21. The van der Waals surface area contributed by atoms with E-state index < -0.39 is 17.5 Å². The summed E-state index contributed by atoms with van der Waals surface area (Å²) < 4.78 is 0. The van der Waals surface area contributed by atoms with Gasteiger partial charge in [-0.2, -0.15) is 5.10 Å². The van der Waals surface area contributed by atoms with Gasteiger partial charge in [0.05, 0.1) is 5.69 Å². The summed E-state index contributed by atoms with van der Waals surface area (Å²) in [7, 11) is 0. The SMILES string of the molecule is O=C(CN1C(=O)NC2(CCc3ccccc32)C1=O)Nc1cccc(-c2n[nH]c3c2CCCC3)c1. The van der Waals surface area contributed by atoms with Crippen LogP contribution in [0.5, 0.6) is 0 Å². The number of rotatable bonds is 4. The van der Waals surface area contributed by atoms with Gasteiger partial charge < -0.3 is 10.6 Å². The van der Waals surface area contributed by atoms with E-state index in [2.05, 4.69) is 20.8 Å². The van der Waals surface area contributed by atoms with Gasteiger partial charge in [-0.05, 0) is 61.8 Å². The molecule has 1 spiro atoms. The molecule has 3 N–H and O–H groups in total. The van der Waals surface area contributed by atoms with E-state index in [9.17, 15) is 14.4 Å². The number of aryl methyl sites for hydroxylation is 2. The van der Waals surface area contributed by atoms with Crippen molar-refractivity contribution in [2.45, 2.75) is 44.1 Å². The highest BCUT2D eigenvalue weighted by Gasteiger charge is 2.55. The Morgan fingerprint density at radius 1 is 1.06 bits per heavy atom. The Bertz CT molecular complexity index is 1330. The molecule has 3 aromatic rings. The first-order chi connectivity index (χ1) is 16.5. The van der Waals surface area contributed by atoms with Gasteiger partial charge in [-0.1, -0.05) is 36.4 Å². The highest BCUT2D eigenvalue weighted by molar-refractivity contribution is 6.11. The van der Waals surface area contributed by atoms with Crippen molar-refractivity contribution in [3.8, 4) is 11.3 Å². The molecule has 0 bridgehead atoms.